The molecule has 5 heteroatoms. The molecule has 0 spiro atoms. The highest BCUT2D eigenvalue weighted by molar-refractivity contribution is 6.32. The topological polar surface area (TPSA) is 31.4 Å². The van der Waals surface area contributed by atoms with Gasteiger partial charge in [-0.3, -0.25) is 0 Å². The molecule has 1 aromatic heterocycles. The first kappa shape index (κ1) is 19.7. The third-order valence-corrected chi connectivity index (χ3v) is 4.59. The molecule has 146 valence electrons. The highest BCUT2D eigenvalue weighted by Gasteiger charge is 2.12. The van der Waals surface area contributed by atoms with Gasteiger partial charge >= 0.3 is 0 Å². The lowest BCUT2D eigenvalue weighted by molar-refractivity contribution is 0.268. The lowest BCUT2D eigenvalue weighted by Crippen LogP contribution is -2.08. The largest absolute Gasteiger partial charge is 0.473 e. The van der Waals surface area contributed by atoms with E-state index in [1.807, 2.05) is 66.7 Å². The zero-order chi connectivity index (χ0) is 20.8. The third kappa shape index (κ3) is 4.87. The molecule has 3 aromatic carbocycles. The number of rotatable bonds is 7. The van der Waals surface area contributed by atoms with E-state index in [1.54, 1.807) is 12.1 Å². The van der Waals surface area contributed by atoms with Gasteiger partial charge in [0.15, 0.2) is 0 Å². The summed E-state index contributed by atoms with van der Waals surface area (Å²) in [6.07, 6.45) is 0. The number of hydrogen-bond donors (Lipinski definition) is 0. The Morgan fingerprint density at radius 1 is 0.733 bits per heavy atom. The summed E-state index contributed by atoms with van der Waals surface area (Å²) in [6.45, 7) is 0.724. The quantitative estimate of drug-likeness (QED) is 0.420. The first-order valence-corrected chi connectivity index (χ1v) is 9.59. The fraction of sp³-hybridized carbons (Fsp3) is 0.0800. The Kier molecular flexibility index (Phi) is 6.09. The summed E-state index contributed by atoms with van der Waals surface area (Å²) in [6, 6.07) is 27.9. The van der Waals surface area contributed by atoms with Gasteiger partial charge in [-0.2, -0.15) is 4.98 Å². The van der Waals surface area contributed by atoms with E-state index in [9.17, 15) is 4.39 Å². The van der Waals surface area contributed by atoms with Crippen molar-refractivity contribution in [2.75, 3.05) is 0 Å². The lowest BCUT2D eigenvalue weighted by Gasteiger charge is -2.14. The molecule has 0 aliphatic rings. The van der Waals surface area contributed by atoms with Crippen LogP contribution in [0.1, 0.15) is 11.1 Å². The minimum absolute atomic E-state index is 0.0984. The number of hydrogen-bond acceptors (Lipinski definition) is 3. The Morgan fingerprint density at radius 2 is 1.37 bits per heavy atom. The molecule has 4 aromatic rings. The van der Waals surface area contributed by atoms with Gasteiger partial charge in [0.2, 0.25) is 11.8 Å². The zero-order valence-electron chi connectivity index (χ0n) is 16.3. The number of nitrogens with zero attached hydrogens (tertiary/aromatic N) is 1. The number of aromatic nitrogens is 1. The van der Waals surface area contributed by atoms with Crippen LogP contribution in [0.2, 0.25) is 0 Å². The van der Waals surface area contributed by atoms with Crippen molar-refractivity contribution in [2.45, 2.75) is 13.2 Å². The summed E-state index contributed by atoms with van der Waals surface area (Å²) in [5, 5.41) is 0. The van der Waals surface area contributed by atoms with E-state index in [0.717, 1.165) is 11.1 Å². The first-order valence-electron chi connectivity index (χ1n) is 9.59. The van der Waals surface area contributed by atoms with Gasteiger partial charge in [-0.25, -0.2) is 4.39 Å². The predicted molar refractivity (Wildman–Crippen MR) is 117 cm³/mol. The van der Waals surface area contributed by atoms with Crippen LogP contribution in [0.5, 0.6) is 11.8 Å². The molecular formula is C25H19BFNO2. The summed E-state index contributed by atoms with van der Waals surface area (Å²) in [7, 11) is 5.62. The molecule has 0 aliphatic carbocycles. The fourth-order valence-electron chi connectivity index (χ4n) is 2.99. The van der Waals surface area contributed by atoms with Crippen molar-refractivity contribution in [3.8, 4) is 22.9 Å². The predicted octanol–water partition coefficient (Wildman–Crippen LogP) is 4.84. The molecule has 30 heavy (non-hydrogen) atoms. The third-order valence-electron chi connectivity index (χ3n) is 4.59. The second-order valence-electron chi connectivity index (χ2n) is 6.79. The Bertz CT molecular complexity index is 1120. The normalized spacial score (nSPS) is 10.6. The van der Waals surface area contributed by atoms with E-state index in [-0.39, 0.29) is 5.46 Å². The summed E-state index contributed by atoms with van der Waals surface area (Å²) < 4.78 is 25.9. The standard InChI is InChI=1S/C25H19BFNO2/c26-22-13-11-20(15-23(22)27)21-12-14-24(29-16-18-7-3-1-4-8-18)28-25(21)30-17-19-9-5-2-6-10-19/h1-15H,16-17H2. The Labute approximate surface area is 176 Å². The van der Waals surface area contributed by atoms with Gasteiger partial charge in [0.05, 0.1) is 0 Å². The molecule has 0 saturated carbocycles. The van der Waals surface area contributed by atoms with Gasteiger partial charge < -0.3 is 9.47 Å². The maximum atomic E-state index is 14.0. The van der Waals surface area contributed by atoms with Crippen LogP contribution in [0.25, 0.3) is 11.1 Å². The van der Waals surface area contributed by atoms with Crippen LogP contribution in [0.3, 0.4) is 0 Å². The second-order valence-corrected chi connectivity index (χ2v) is 6.79. The van der Waals surface area contributed by atoms with Crippen LogP contribution in [0.4, 0.5) is 4.39 Å². The lowest BCUT2D eigenvalue weighted by atomic mass is 9.93. The maximum Gasteiger partial charge on any atom is 0.225 e. The smallest absolute Gasteiger partial charge is 0.225 e. The first-order chi connectivity index (χ1) is 14.7. The van der Waals surface area contributed by atoms with Gasteiger partial charge in [-0.1, -0.05) is 78.3 Å². The van der Waals surface area contributed by atoms with E-state index in [2.05, 4.69) is 4.98 Å². The van der Waals surface area contributed by atoms with Crippen LogP contribution < -0.4 is 14.9 Å². The van der Waals surface area contributed by atoms with Crippen LogP contribution in [0.15, 0.2) is 91.0 Å². The van der Waals surface area contributed by atoms with E-state index >= 15 is 0 Å². The Hall–Kier alpha value is -3.60. The molecule has 2 radical (unpaired) electrons. The SMILES string of the molecule is [B]c1ccc(-c2ccc(OCc3ccccc3)nc2OCc2ccccc2)cc1F. The molecule has 1 heterocycles. The van der Waals surface area contributed by atoms with Gasteiger partial charge in [-0.05, 0) is 28.8 Å². The highest BCUT2D eigenvalue weighted by atomic mass is 19.1. The van der Waals surface area contributed by atoms with Crippen LogP contribution in [-0.4, -0.2) is 12.8 Å². The van der Waals surface area contributed by atoms with Gasteiger partial charge in [0, 0.05) is 11.6 Å². The van der Waals surface area contributed by atoms with Gasteiger partial charge in [-0.15, -0.1) is 0 Å². The molecule has 0 N–H and O–H groups in total. The molecular weight excluding hydrogens is 376 g/mol. The molecule has 3 nitrogen and oxygen atoms in total. The van der Waals surface area contributed by atoms with Gasteiger partial charge in [0.1, 0.15) is 26.9 Å². The number of halogens is 1. The molecule has 4 rings (SSSR count). The molecule has 0 aliphatic heterocycles. The number of ether oxygens (including phenoxy) is 2. The summed E-state index contributed by atoms with van der Waals surface area (Å²) >= 11 is 0. The monoisotopic (exact) mass is 395 g/mol. The Morgan fingerprint density at radius 3 is 2.00 bits per heavy atom. The highest BCUT2D eigenvalue weighted by Crippen LogP contribution is 2.31. The average Bonchev–Trinajstić information content (AvgIpc) is 2.79. The van der Waals surface area contributed by atoms with E-state index in [1.165, 1.54) is 12.1 Å². The van der Waals surface area contributed by atoms with Crippen LogP contribution in [-0.2, 0) is 13.2 Å². The van der Waals surface area contributed by atoms with Gasteiger partial charge in [0.25, 0.3) is 0 Å². The summed E-state index contributed by atoms with van der Waals surface area (Å²) in [4.78, 5) is 4.53. The molecule has 0 bridgehead atoms. The van der Waals surface area contributed by atoms with Crippen molar-refractivity contribution in [1.82, 2.24) is 4.98 Å². The van der Waals surface area contributed by atoms with E-state index in [0.29, 0.717) is 36.1 Å². The van der Waals surface area contributed by atoms with Crippen molar-refractivity contribution in [2.24, 2.45) is 0 Å². The average molecular weight is 395 g/mol. The second kappa shape index (κ2) is 9.27. The van der Waals surface area contributed by atoms with Crippen LogP contribution >= 0.6 is 0 Å². The maximum absolute atomic E-state index is 14.0. The fourth-order valence-corrected chi connectivity index (χ4v) is 2.99. The summed E-state index contributed by atoms with van der Waals surface area (Å²) in [5.41, 5.74) is 3.44. The van der Waals surface area contributed by atoms with Crippen molar-refractivity contribution < 1.29 is 13.9 Å². The minimum atomic E-state index is -0.481. The Balaban J connectivity index is 1.61. The van der Waals surface area contributed by atoms with Crippen molar-refractivity contribution in [1.29, 1.82) is 0 Å². The van der Waals surface area contributed by atoms with Crippen LogP contribution in [0, 0.1) is 5.82 Å². The minimum Gasteiger partial charge on any atom is -0.473 e. The van der Waals surface area contributed by atoms with Crippen molar-refractivity contribution in [3.05, 3.63) is 108 Å². The number of pyridine rings is 1. The molecule has 0 unspecified atom stereocenters. The molecule has 0 amide bonds. The van der Waals surface area contributed by atoms with E-state index in [4.69, 9.17) is 17.3 Å². The molecule has 0 fully saturated rings. The number of benzene rings is 3. The van der Waals surface area contributed by atoms with Crippen molar-refractivity contribution >= 4 is 13.3 Å². The van der Waals surface area contributed by atoms with Crippen molar-refractivity contribution in [3.63, 3.8) is 0 Å². The van der Waals surface area contributed by atoms with E-state index < -0.39 is 5.82 Å². The molecule has 0 atom stereocenters. The summed E-state index contributed by atoms with van der Waals surface area (Å²) in [5.74, 6) is 0.320. The molecule has 0 saturated heterocycles. The zero-order valence-corrected chi connectivity index (χ0v) is 16.3.